The topological polar surface area (TPSA) is 77.9 Å². The normalized spacial score (nSPS) is 23.1. The quantitative estimate of drug-likeness (QED) is 0.853. The highest BCUT2D eigenvalue weighted by molar-refractivity contribution is 7.86. The van der Waals surface area contributed by atoms with Gasteiger partial charge in [-0.25, -0.2) is 0 Å². The van der Waals surface area contributed by atoms with Crippen LogP contribution in [0.3, 0.4) is 0 Å². The van der Waals surface area contributed by atoms with Crippen molar-refractivity contribution >= 4 is 16.2 Å². The molecular weight excluding hydrogens is 316 g/mol. The summed E-state index contributed by atoms with van der Waals surface area (Å²) in [6.07, 6.45) is 1.69. The minimum atomic E-state index is -3.63. The molecule has 0 saturated carbocycles. The second-order valence-electron chi connectivity index (χ2n) is 6.37. The average Bonchev–Trinajstić information content (AvgIpc) is 2.53. The Balaban J connectivity index is 2.03. The van der Waals surface area contributed by atoms with Crippen LogP contribution in [0.5, 0.6) is 0 Å². The van der Waals surface area contributed by atoms with Crippen LogP contribution in [-0.2, 0) is 21.4 Å². The SMILES string of the molecule is CN(CCc1ccccc1)S(=O)(=O)N1CCCC(C)(C(=O)O)C1. The Labute approximate surface area is 137 Å². The zero-order valence-corrected chi connectivity index (χ0v) is 14.4. The van der Waals surface area contributed by atoms with Crippen molar-refractivity contribution < 1.29 is 18.3 Å². The summed E-state index contributed by atoms with van der Waals surface area (Å²) in [5.74, 6) is -0.940. The molecule has 1 N–H and O–H groups in total. The summed E-state index contributed by atoms with van der Waals surface area (Å²) in [5.41, 5.74) is 0.0644. The molecule has 6 nitrogen and oxygen atoms in total. The fraction of sp³-hybridized carbons (Fsp3) is 0.562. The van der Waals surface area contributed by atoms with Crippen molar-refractivity contribution in [3.63, 3.8) is 0 Å². The maximum absolute atomic E-state index is 12.7. The Morgan fingerprint density at radius 1 is 1.35 bits per heavy atom. The molecule has 1 atom stereocenters. The number of hydrogen-bond donors (Lipinski definition) is 1. The maximum atomic E-state index is 12.7. The van der Waals surface area contributed by atoms with Crippen LogP contribution in [0.15, 0.2) is 30.3 Å². The van der Waals surface area contributed by atoms with E-state index in [0.29, 0.717) is 32.4 Å². The van der Waals surface area contributed by atoms with Crippen molar-refractivity contribution in [2.24, 2.45) is 5.41 Å². The van der Waals surface area contributed by atoms with Crippen LogP contribution in [0.4, 0.5) is 0 Å². The molecule has 0 radical (unpaired) electrons. The standard InChI is InChI=1S/C16H24N2O4S/c1-16(15(19)20)10-6-11-18(13-16)23(21,22)17(2)12-9-14-7-4-3-5-8-14/h3-5,7-8H,6,9-13H2,1-2H3,(H,19,20). The van der Waals surface area contributed by atoms with Crippen LogP contribution in [0.25, 0.3) is 0 Å². The van der Waals surface area contributed by atoms with Gasteiger partial charge >= 0.3 is 5.97 Å². The van der Waals surface area contributed by atoms with Gasteiger partial charge in [0.15, 0.2) is 0 Å². The number of hydrogen-bond acceptors (Lipinski definition) is 3. The Kier molecular flexibility index (Phi) is 5.44. The number of rotatable bonds is 6. The van der Waals surface area contributed by atoms with Crippen molar-refractivity contribution in [1.29, 1.82) is 0 Å². The average molecular weight is 340 g/mol. The van der Waals surface area contributed by atoms with Gasteiger partial charge < -0.3 is 5.11 Å². The third-order valence-electron chi connectivity index (χ3n) is 4.46. The first-order chi connectivity index (χ1) is 10.8. The lowest BCUT2D eigenvalue weighted by molar-refractivity contribution is -0.150. The zero-order valence-electron chi connectivity index (χ0n) is 13.6. The van der Waals surface area contributed by atoms with Gasteiger partial charge in [0.25, 0.3) is 10.2 Å². The van der Waals surface area contributed by atoms with Gasteiger partial charge in [0.2, 0.25) is 0 Å². The molecule has 1 aliphatic heterocycles. The van der Waals surface area contributed by atoms with Gasteiger partial charge in [-0.2, -0.15) is 17.0 Å². The molecule has 0 amide bonds. The van der Waals surface area contributed by atoms with Crippen molar-refractivity contribution in [3.05, 3.63) is 35.9 Å². The first kappa shape index (κ1) is 17.9. The second kappa shape index (κ2) is 6.98. The van der Waals surface area contributed by atoms with E-state index >= 15 is 0 Å². The highest BCUT2D eigenvalue weighted by Gasteiger charge is 2.42. The monoisotopic (exact) mass is 340 g/mol. The van der Waals surface area contributed by atoms with E-state index in [0.717, 1.165) is 5.56 Å². The molecule has 1 heterocycles. The minimum Gasteiger partial charge on any atom is -0.481 e. The highest BCUT2D eigenvalue weighted by atomic mass is 32.2. The molecule has 0 spiro atoms. The van der Waals surface area contributed by atoms with Crippen LogP contribution in [0, 0.1) is 5.41 Å². The predicted octanol–water partition coefficient (Wildman–Crippen LogP) is 1.59. The summed E-state index contributed by atoms with van der Waals surface area (Å²) >= 11 is 0. The van der Waals surface area contributed by atoms with Crippen LogP contribution in [0.2, 0.25) is 0 Å². The predicted molar refractivity (Wildman–Crippen MR) is 88.2 cm³/mol. The highest BCUT2D eigenvalue weighted by Crippen LogP contribution is 2.31. The number of carboxylic acids is 1. The number of nitrogens with zero attached hydrogens (tertiary/aromatic N) is 2. The third-order valence-corrected chi connectivity index (χ3v) is 6.39. The molecule has 1 aromatic carbocycles. The first-order valence-corrected chi connectivity index (χ1v) is 9.14. The van der Waals surface area contributed by atoms with Crippen molar-refractivity contribution in [2.45, 2.75) is 26.2 Å². The Bertz CT molecular complexity index is 647. The van der Waals surface area contributed by atoms with Crippen molar-refractivity contribution in [3.8, 4) is 0 Å². The molecule has 1 saturated heterocycles. The van der Waals surface area contributed by atoms with Gasteiger partial charge in [0.05, 0.1) is 5.41 Å². The van der Waals surface area contributed by atoms with Crippen LogP contribution < -0.4 is 0 Å². The molecule has 1 fully saturated rings. The zero-order chi connectivity index (χ0) is 17.1. The van der Waals surface area contributed by atoms with Crippen molar-refractivity contribution in [2.75, 3.05) is 26.7 Å². The number of piperidine rings is 1. The van der Waals surface area contributed by atoms with Gasteiger partial charge in [-0.15, -0.1) is 0 Å². The molecule has 0 aliphatic carbocycles. The number of likely N-dealkylation sites (N-methyl/N-ethyl adjacent to an activating group) is 1. The molecule has 23 heavy (non-hydrogen) atoms. The Morgan fingerprint density at radius 3 is 2.61 bits per heavy atom. The fourth-order valence-corrected chi connectivity index (χ4v) is 4.33. The summed E-state index contributed by atoms with van der Waals surface area (Å²) in [7, 11) is -2.09. The van der Waals surface area contributed by atoms with Gasteiger partial charge in [-0.1, -0.05) is 30.3 Å². The summed E-state index contributed by atoms with van der Waals surface area (Å²) in [6, 6.07) is 9.69. The maximum Gasteiger partial charge on any atom is 0.310 e. The summed E-state index contributed by atoms with van der Waals surface area (Å²) in [5, 5.41) is 9.34. The fourth-order valence-electron chi connectivity index (χ4n) is 2.81. The van der Waals surface area contributed by atoms with E-state index in [-0.39, 0.29) is 6.54 Å². The number of carbonyl (C=O) groups is 1. The molecule has 1 unspecified atom stereocenters. The molecule has 0 aromatic heterocycles. The number of benzene rings is 1. The molecular formula is C16H24N2O4S. The molecule has 7 heteroatoms. The third kappa shape index (κ3) is 4.10. The largest absolute Gasteiger partial charge is 0.481 e. The molecule has 128 valence electrons. The van der Waals surface area contributed by atoms with Crippen LogP contribution in [-0.4, -0.2) is 54.8 Å². The molecule has 1 aliphatic rings. The minimum absolute atomic E-state index is 0.0281. The second-order valence-corrected chi connectivity index (χ2v) is 8.40. The Hall–Kier alpha value is -1.44. The van der Waals surface area contributed by atoms with E-state index in [4.69, 9.17) is 0 Å². The van der Waals surface area contributed by atoms with E-state index < -0.39 is 21.6 Å². The summed E-state index contributed by atoms with van der Waals surface area (Å²) in [6.45, 7) is 2.38. The van der Waals surface area contributed by atoms with Crippen molar-refractivity contribution in [1.82, 2.24) is 8.61 Å². The molecule has 1 aromatic rings. The summed E-state index contributed by atoms with van der Waals surface area (Å²) < 4.78 is 28.0. The molecule has 2 rings (SSSR count). The number of carboxylic acid groups (broad SMARTS) is 1. The Morgan fingerprint density at radius 2 is 2.00 bits per heavy atom. The molecule has 0 bridgehead atoms. The van der Waals surface area contributed by atoms with Gasteiger partial charge in [0, 0.05) is 26.7 Å². The van der Waals surface area contributed by atoms with Crippen LogP contribution in [0.1, 0.15) is 25.3 Å². The van der Waals surface area contributed by atoms with Gasteiger partial charge in [-0.05, 0) is 31.7 Å². The van der Waals surface area contributed by atoms with Crippen LogP contribution >= 0.6 is 0 Å². The lowest BCUT2D eigenvalue weighted by Gasteiger charge is -2.38. The lowest BCUT2D eigenvalue weighted by atomic mass is 9.83. The lowest BCUT2D eigenvalue weighted by Crippen LogP contribution is -2.52. The van der Waals surface area contributed by atoms with Gasteiger partial charge in [-0.3, -0.25) is 4.79 Å². The van der Waals surface area contributed by atoms with Gasteiger partial charge in [0.1, 0.15) is 0 Å². The first-order valence-electron chi connectivity index (χ1n) is 7.74. The van der Waals surface area contributed by atoms with E-state index in [1.54, 1.807) is 14.0 Å². The van der Waals surface area contributed by atoms with E-state index in [2.05, 4.69) is 0 Å². The smallest absolute Gasteiger partial charge is 0.310 e. The van der Waals surface area contributed by atoms with E-state index in [9.17, 15) is 18.3 Å². The van der Waals surface area contributed by atoms with E-state index in [1.165, 1.54) is 8.61 Å². The van der Waals surface area contributed by atoms with E-state index in [1.807, 2.05) is 30.3 Å². The summed E-state index contributed by atoms with van der Waals surface area (Å²) in [4.78, 5) is 11.4. The number of aliphatic carboxylic acids is 1.